The molecule has 152 valence electrons. The standard InChI is InChI=1S/C25H22Cl2N2O/c26-24(19-5-1-3-7-21(19)28)13-9-17(10-14-24)23(30)18-11-15-25(27,16-12-18)20-6-2-4-8-22(20)29/h1-13,15H,14,16,28-29H2. The van der Waals surface area contributed by atoms with Crippen molar-refractivity contribution < 1.29 is 4.79 Å². The number of nitrogens with two attached hydrogens (primary N) is 2. The molecule has 3 nitrogen and oxygen atoms in total. The molecule has 0 amide bonds. The van der Waals surface area contributed by atoms with Crippen LogP contribution < -0.4 is 11.5 Å². The van der Waals surface area contributed by atoms with Crippen molar-refractivity contribution in [2.45, 2.75) is 22.6 Å². The molecular formula is C25H22Cl2N2O. The van der Waals surface area contributed by atoms with E-state index in [1.54, 1.807) is 12.2 Å². The molecule has 0 aliphatic heterocycles. The van der Waals surface area contributed by atoms with Gasteiger partial charge < -0.3 is 11.5 Å². The molecule has 2 aromatic carbocycles. The van der Waals surface area contributed by atoms with E-state index in [9.17, 15) is 4.79 Å². The molecule has 2 unspecified atom stereocenters. The lowest BCUT2D eigenvalue weighted by Gasteiger charge is -2.28. The predicted molar refractivity (Wildman–Crippen MR) is 125 cm³/mol. The summed E-state index contributed by atoms with van der Waals surface area (Å²) in [6.45, 7) is 0. The average molecular weight is 437 g/mol. The first-order valence-electron chi connectivity index (χ1n) is 9.74. The monoisotopic (exact) mass is 436 g/mol. The molecule has 0 saturated heterocycles. The molecule has 2 aliphatic rings. The molecule has 2 aliphatic carbocycles. The summed E-state index contributed by atoms with van der Waals surface area (Å²) in [6.07, 6.45) is 11.9. The van der Waals surface area contributed by atoms with E-state index in [-0.39, 0.29) is 5.78 Å². The van der Waals surface area contributed by atoms with Gasteiger partial charge in [0, 0.05) is 33.6 Å². The molecule has 0 radical (unpaired) electrons. The number of anilines is 2. The number of benzene rings is 2. The Morgan fingerprint density at radius 3 is 1.47 bits per heavy atom. The van der Waals surface area contributed by atoms with Crippen LogP contribution in [0.1, 0.15) is 24.0 Å². The summed E-state index contributed by atoms with van der Waals surface area (Å²) in [5.74, 6) is -0.0537. The van der Waals surface area contributed by atoms with Gasteiger partial charge in [-0.05, 0) is 25.0 Å². The normalized spacial score (nSPS) is 25.5. The fraction of sp³-hybridized carbons (Fsp3) is 0.160. The minimum absolute atomic E-state index is 0.0537. The second kappa shape index (κ2) is 7.82. The van der Waals surface area contributed by atoms with E-state index >= 15 is 0 Å². The van der Waals surface area contributed by atoms with E-state index in [0.717, 1.165) is 11.1 Å². The third-order valence-electron chi connectivity index (χ3n) is 5.63. The zero-order valence-corrected chi connectivity index (χ0v) is 17.8. The molecule has 2 aromatic rings. The van der Waals surface area contributed by atoms with Crippen LogP contribution in [0.25, 0.3) is 0 Å². The van der Waals surface area contributed by atoms with Crippen LogP contribution in [-0.4, -0.2) is 5.78 Å². The largest absolute Gasteiger partial charge is 0.398 e. The Hall–Kier alpha value is -2.75. The highest BCUT2D eigenvalue weighted by molar-refractivity contribution is 6.27. The van der Waals surface area contributed by atoms with Gasteiger partial charge in [-0.15, -0.1) is 23.2 Å². The van der Waals surface area contributed by atoms with E-state index in [2.05, 4.69) is 0 Å². The van der Waals surface area contributed by atoms with Crippen LogP contribution in [0.3, 0.4) is 0 Å². The van der Waals surface area contributed by atoms with Gasteiger partial charge in [0.1, 0.15) is 0 Å². The van der Waals surface area contributed by atoms with Crippen molar-refractivity contribution in [2.75, 3.05) is 11.5 Å². The van der Waals surface area contributed by atoms with E-state index in [4.69, 9.17) is 34.7 Å². The SMILES string of the molecule is Nc1ccccc1C1(Cl)C=CC(C(=O)C2=CCC(Cl)(c3ccccc3N)C=C2)=CC1. The number of alkyl halides is 2. The number of allylic oxidation sites excluding steroid dienone is 8. The van der Waals surface area contributed by atoms with Gasteiger partial charge in [-0.2, -0.15) is 0 Å². The molecule has 4 rings (SSSR count). The van der Waals surface area contributed by atoms with Gasteiger partial charge in [0.25, 0.3) is 0 Å². The number of carbonyl (C=O) groups excluding carboxylic acids is 1. The van der Waals surface area contributed by atoms with Crippen molar-refractivity contribution in [3.05, 3.63) is 107 Å². The lowest BCUT2D eigenvalue weighted by molar-refractivity contribution is -0.111. The summed E-state index contributed by atoms with van der Waals surface area (Å²) >= 11 is 13.6. The molecule has 30 heavy (non-hydrogen) atoms. The van der Waals surface area contributed by atoms with Gasteiger partial charge in [-0.3, -0.25) is 4.79 Å². The third-order valence-corrected chi connectivity index (χ3v) is 6.60. The van der Waals surface area contributed by atoms with Crippen LogP contribution in [-0.2, 0) is 14.5 Å². The summed E-state index contributed by atoms with van der Waals surface area (Å²) < 4.78 is 0. The number of carbonyl (C=O) groups is 1. The zero-order valence-electron chi connectivity index (χ0n) is 16.3. The van der Waals surface area contributed by atoms with Crippen LogP contribution in [0.5, 0.6) is 0 Å². The van der Waals surface area contributed by atoms with Gasteiger partial charge in [-0.25, -0.2) is 0 Å². The fourth-order valence-electron chi connectivity index (χ4n) is 3.89. The van der Waals surface area contributed by atoms with Crippen molar-refractivity contribution in [2.24, 2.45) is 0 Å². The number of hydrogen-bond donors (Lipinski definition) is 2. The highest BCUT2D eigenvalue weighted by Gasteiger charge is 2.33. The van der Waals surface area contributed by atoms with Crippen LogP contribution >= 0.6 is 23.2 Å². The average Bonchev–Trinajstić information content (AvgIpc) is 2.75. The van der Waals surface area contributed by atoms with E-state index in [1.807, 2.05) is 72.8 Å². The Labute approximate surface area is 186 Å². The first-order valence-corrected chi connectivity index (χ1v) is 10.5. The van der Waals surface area contributed by atoms with Crippen LogP contribution in [0.15, 0.2) is 96.1 Å². The molecule has 0 fully saturated rings. The van der Waals surface area contributed by atoms with Crippen LogP contribution in [0.4, 0.5) is 11.4 Å². The number of ketones is 1. The zero-order chi connectivity index (χ0) is 21.4. The topological polar surface area (TPSA) is 69.1 Å². The van der Waals surface area contributed by atoms with Crippen LogP contribution in [0.2, 0.25) is 0 Å². The smallest absolute Gasteiger partial charge is 0.192 e. The van der Waals surface area contributed by atoms with Gasteiger partial charge in [0.05, 0.1) is 9.75 Å². The number of halogens is 2. The Morgan fingerprint density at radius 2 is 1.13 bits per heavy atom. The second-order valence-corrected chi connectivity index (χ2v) is 8.97. The highest BCUT2D eigenvalue weighted by Crippen LogP contribution is 2.43. The summed E-state index contributed by atoms with van der Waals surface area (Å²) in [5.41, 5.74) is 16.3. The molecule has 0 spiro atoms. The van der Waals surface area contributed by atoms with Crippen molar-refractivity contribution in [3.63, 3.8) is 0 Å². The Bertz CT molecular complexity index is 1040. The molecule has 4 N–H and O–H groups in total. The predicted octanol–water partition coefficient (Wildman–Crippen LogP) is 5.76. The van der Waals surface area contributed by atoms with E-state index in [0.29, 0.717) is 35.4 Å². The molecule has 0 saturated carbocycles. The lowest BCUT2D eigenvalue weighted by Crippen LogP contribution is -2.22. The Kier molecular flexibility index (Phi) is 5.35. The lowest BCUT2D eigenvalue weighted by atomic mass is 9.84. The maximum Gasteiger partial charge on any atom is 0.192 e. The fourth-order valence-corrected chi connectivity index (χ4v) is 4.51. The molecule has 0 bridgehead atoms. The number of rotatable bonds is 4. The number of para-hydroxylation sites is 2. The highest BCUT2D eigenvalue weighted by atomic mass is 35.5. The maximum absolute atomic E-state index is 13.0. The van der Waals surface area contributed by atoms with Gasteiger partial charge in [-0.1, -0.05) is 72.9 Å². The Balaban J connectivity index is 1.51. The molecule has 0 heterocycles. The van der Waals surface area contributed by atoms with Gasteiger partial charge >= 0.3 is 0 Å². The molecule has 2 atom stereocenters. The number of Topliss-reactive ketones (excluding diaryl/α,β-unsaturated/α-hetero) is 1. The van der Waals surface area contributed by atoms with Crippen molar-refractivity contribution >= 4 is 40.4 Å². The van der Waals surface area contributed by atoms with Crippen molar-refractivity contribution in [1.82, 2.24) is 0 Å². The summed E-state index contributed by atoms with van der Waals surface area (Å²) in [4.78, 5) is 11.5. The number of hydrogen-bond acceptors (Lipinski definition) is 3. The van der Waals surface area contributed by atoms with Gasteiger partial charge in [0.15, 0.2) is 5.78 Å². The quantitative estimate of drug-likeness (QED) is 0.472. The van der Waals surface area contributed by atoms with E-state index < -0.39 is 9.75 Å². The summed E-state index contributed by atoms with van der Waals surface area (Å²) in [5, 5.41) is 0. The molecule has 5 heteroatoms. The minimum atomic E-state index is -0.748. The second-order valence-electron chi connectivity index (χ2n) is 7.62. The van der Waals surface area contributed by atoms with Gasteiger partial charge in [0.2, 0.25) is 0 Å². The van der Waals surface area contributed by atoms with Crippen molar-refractivity contribution in [3.8, 4) is 0 Å². The van der Waals surface area contributed by atoms with Crippen LogP contribution in [0, 0.1) is 0 Å². The van der Waals surface area contributed by atoms with Crippen molar-refractivity contribution in [1.29, 1.82) is 0 Å². The summed E-state index contributed by atoms with van der Waals surface area (Å²) in [7, 11) is 0. The first-order chi connectivity index (χ1) is 14.3. The Morgan fingerprint density at radius 1 is 0.733 bits per heavy atom. The first kappa shape index (κ1) is 20.5. The maximum atomic E-state index is 13.0. The summed E-state index contributed by atoms with van der Waals surface area (Å²) in [6, 6.07) is 15.0. The minimum Gasteiger partial charge on any atom is -0.398 e. The molecular weight excluding hydrogens is 415 g/mol. The third kappa shape index (κ3) is 3.71. The van der Waals surface area contributed by atoms with E-state index in [1.165, 1.54) is 0 Å². The number of nitrogen functional groups attached to an aromatic ring is 2. The molecule has 0 aromatic heterocycles.